The summed E-state index contributed by atoms with van der Waals surface area (Å²) >= 11 is -16.9. The zero-order valence-corrected chi connectivity index (χ0v) is 13.5. The van der Waals surface area contributed by atoms with E-state index < -0.39 is 38.9 Å². The Bertz CT molecular complexity index is 480. The van der Waals surface area contributed by atoms with E-state index in [-0.39, 0.29) is 26.2 Å². The van der Waals surface area contributed by atoms with Gasteiger partial charge in [0.2, 0.25) is 0 Å². The SMILES string of the molecule is [Bi+3].[O]=[Mn](=[O])(=[O])[O-].[O]=[Mn](=[O])(=[O])[O-].[O]=[Mn](=[O])(=[O])[O-]. The van der Waals surface area contributed by atoms with Crippen molar-refractivity contribution in [2.45, 2.75) is 0 Å². The Morgan fingerprint density at radius 2 is 0.438 bits per heavy atom. The molecule has 16 heteroatoms. The van der Waals surface area contributed by atoms with E-state index in [0.717, 1.165) is 0 Å². The summed E-state index contributed by atoms with van der Waals surface area (Å²) in [6.07, 6.45) is 0. The molecule has 98 valence electrons. The molecule has 0 saturated carbocycles. The van der Waals surface area contributed by atoms with Crippen LogP contribution in [0.2, 0.25) is 0 Å². The predicted octanol–water partition coefficient (Wildman–Crippen LogP) is -5.02. The Balaban J connectivity index is -0.0000000655. The Morgan fingerprint density at radius 1 is 0.438 bits per heavy atom. The van der Waals surface area contributed by atoms with Crippen LogP contribution in [-0.2, 0) is 73.4 Å². The van der Waals surface area contributed by atoms with Crippen LogP contribution in [0.5, 0.6) is 0 Å². The molecule has 0 unspecified atom stereocenters. The van der Waals surface area contributed by atoms with Crippen LogP contribution in [0.25, 0.3) is 0 Å². The third kappa shape index (κ3) is 9760. The summed E-state index contributed by atoms with van der Waals surface area (Å²) in [6.45, 7) is 0. The summed E-state index contributed by atoms with van der Waals surface area (Å²) in [6, 6.07) is 0. The van der Waals surface area contributed by atoms with E-state index in [0.29, 0.717) is 0 Å². The molecule has 2 radical (unpaired) electrons. The molecular formula is BiMn3O12. The van der Waals surface area contributed by atoms with Crippen molar-refractivity contribution in [3.63, 3.8) is 0 Å². The van der Waals surface area contributed by atoms with Gasteiger partial charge in [0, 0.05) is 0 Å². The summed E-state index contributed by atoms with van der Waals surface area (Å²) in [4.78, 5) is 0. The zero-order chi connectivity index (χ0) is 13.5. The molecule has 0 amide bonds. The van der Waals surface area contributed by atoms with Gasteiger partial charge in [-0.15, -0.1) is 0 Å². The Kier molecular flexibility index (Phi) is 15.1. The standard InChI is InChI=1S/Bi.3Mn.12O/q+3;;;;;;;;;;;;;3*-1. The van der Waals surface area contributed by atoms with Gasteiger partial charge < -0.3 is 0 Å². The van der Waals surface area contributed by atoms with Crippen LogP contribution < -0.4 is 12.6 Å². The van der Waals surface area contributed by atoms with Crippen molar-refractivity contribution >= 4 is 26.2 Å². The van der Waals surface area contributed by atoms with E-state index in [1.54, 1.807) is 0 Å². The summed E-state index contributed by atoms with van der Waals surface area (Å²) in [7, 11) is 0. The molecule has 0 rings (SSSR count). The third-order valence-corrected chi connectivity index (χ3v) is 0. The maximum absolute atomic E-state index is 8.58. The maximum atomic E-state index is 8.58. The molecule has 0 aromatic rings. The molecule has 0 heterocycles. The van der Waals surface area contributed by atoms with Crippen LogP contribution in [0.1, 0.15) is 0 Å². The predicted molar refractivity (Wildman–Crippen MR) is 11.9 cm³/mol. The van der Waals surface area contributed by atoms with Gasteiger partial charge in [-0.3, -0.25) is 0 Å². The third-order valence-electron chi connectivity index (χ3n) is 0. The monoisotopic (exact) mass is 566 g/mol. The van der Waals surface area contributed by atoms with Crippen molar-refractivity contribution in [2.75, 3.05) is 0 Å². The van der Waals surface area contributed by atoms with Crippen LogP contribution in [0, 0.1) is 0 Å². The van der Waals surface area contributed by atoms with E-state index in [2.05, 4.69) is 0 Å². The van der Waals surface area contributed by atoms with Gasteiger partial charge in [-0.1, -0.05) is 0 Å². The number of rotatable bonds is 0. The molecule has 12 nitrogen and oxygen atoms in total. The normalized spacial score (nSPS) is 10.7. The first kappa shape index (κ1) is 25.4. The van der Waals surface area contributed by atoms with Gasteiger partial charge in [-0.05, 0) is 0 Å². The van der Waals surface area contributed by atoms with Gasteiger partial charge in [0.05, 0.1) is 0 Å². The van der Waals surface area contributed by atoms with Crippen molar-refractivity contribution in [1.82, 2.24) is 0 Å². The molecular weight excluding hydrogens is 566 g/mol. The number of hydrogen-bond donors (Lipinski definition) is 0. The Hall–Kier alpha value is 0.522. The van der Waals surface area contributed by atoms with Gasteiger partial charge >= 0.3 is 112 Å². The van der Waals surface area contributed by atoms with Gasteiger partial charge in [0.25, 0.3) is 0 Å². The minimum atomic E-state index is -5.62. The average Bonchev–Trinajstić information content (AvgIpc) is 1.41. The van der Waals surface area contributed by atoms with E-state index in [1.807, 2.05) is 0 Å². The summed E-state index contributed by atoms with van der Waals surface area (Å²) in [5.74, 6) is 0. The molecule has 0 aliphatic heterocycles. The fourth-order valence-corrected chi connectivity index (χ4v) is 0. The van der Waals surface area contributed by atoms with Crippen molar-refractivity contribution < 1.29 is 86.0 Å². The van der Waals surface area contributed by atoms with Crippen LogP contribution in [0.15, 0.2) is 0 Å². The molecule has 0 atom stereocenters. The zero-order valence-electron chi connectivity index (χ0n) is 6.48. The van der Waals surface area contributed by atoms with E-state index >= 15 is 0 Å². The second kappa shape index (κ2) is 9.54. The minimum absolute atomic E-state index is 0. The number of hydrogen-bond acceptors (Lipinski definition) is 12. The van der Waals surface area contributed by atoms with Crippen LogP contribution in [0.4, 0.5) is 0 Å². The summed E-state index contributed by atoms with van der Waals surface area (Å²) in [5, 5.41) is 0. The van der Waals surface area contributed by atoms with E-state index in [1.165, 1.54) is 0 Å². The molecule has 0 bridgehead atoms. The first-order valence-electron chi connectivity index (χ1n) is 1.85. The first-order chi connectivity index (χ1) is 6.00. The van der Waals surface area contributed by atoms with Crippen molar-refractivity contribution in [3.8, 4) is 0 Å². The first-order valence-corrected chi connectivity index (χ1v) is 7.63. The molecule has 0 aliphatic rings. The second-order valence-electron chi connectivity index (χ2n) is 1.13. The molecule has 0 aromatic heterocycles. The summed E-state index contributed by atoms with van der Waals surface area (Å²) in [5.41, 5.74) is 0. The van der Waals surface area contributed by atoms with Crippen molar-refractivity contribution in [2.24, 2.45) is 0 Å². The Morgan fingerprint density at radius 3 is 0.438 bits per heavy atom. The molecule has 0 N–H and O–H groups in total. The van der Waals surface area contributed by atoms with Crippen molar-refractivity contribution in [1.29, 1.82) is 0 Å². The van der Waals surface area contributed by atoms with Gasteiger partial charge in [-0.25, -0.2) is 0 Å². The second-order valence-corrected chi connectivity index (χ2v) is 4.68. The van der Waals surface area contributed by atoms with Gasteiger partial charge in [0.15, 0.2) is 0 Å². The Labute approximate surface area is 111 Å². The van der Waals surface area contributed by atoms with Crippen LogP contribution in [0.3, 0.4) is 0 Å². The van der Waals surface area contributed by atoms with Crippen LogP contribution in [-0.4, -0.2) is 26.2 Å². The average molecular weight is 566 g/mol. The quantitative estimate of drug-likeness (QED) is 0.252. The molecule has 0 aliphatic carbocycles. The molecule has 0 fully saturated rings. The molecule has 0 spiro atoms. The van der Waals surface area contributed by atoms with E-state index in [4.69, 9.17) is 47.1 Å². The van der Waals surface area contributed by atoms with Gasteiger partial charge in [0.1, 0.15) is 0 Å². The molecule has 16 heavy (non-hydrogen) atoms. The summed E-state index contributed by atoms with van der Waals surface area (Å²) < 4.78 is 103. The fraction of sp³-hybridized carbons (Fsp3) is 0. The van der Waals surface area contributed by atoms with Crippen molar-refractivity contribution in [3.05, 3.63) is 0 Å². The van der Waals surface area contributed by atoms with Gasteiger partial charge in [-0.2, -0.15) is 0 Å². The topological polar surface area (TPSA) is 223 Å². The molecule has 0 aromatic carbocycles. The fourth-order valence-electron chi connectivity index (χ4n) is 0. The van der Waals surface area contributed by atoms with Crippen LogP contribution >= 0.6 is 0 Å². The van der Waals surface area contributed by atoms with E-state index in [9.17, 15) is 0 Å². The molecule has 0 saturated heterocycles.